The van der Waals surface area contributed by atoms with Crippen LogP contribution in [0.2, 0.25) is 0 Å². The van der Waals surface area contributed by atoms with Crippen molar-refractivity contribution in [1.82, 2.24) is 5.32 Å². The summed E-state index contributed by atoms with van der Waals surface area (Å²) in [6, 6.07) is 0. The van der Waals surface area contributed by atoms with E-state index in [-0.39, 0.29) is 6.61 Å². The van der Waals surface area contributed by atoms with Crippen LogP contribution in [-0.2, 0) is 4.74 Å². The van der Waals surface area contributed by atoms with E-state index in [0.29, 0.717) is 12.8 Å². The fraction of sp³-hybridized carbons (Fsp3) is 0.875. The summed E-state index contributed by atoms with van der Waals surface area (Å²) in [5.74, 6) is 0. The van der Waals surface area contributed by atoms with Crippen LogP contribution in [-0.4, -0.2) is 30.5 Å². The molecule has 0 aliphatic rings. The largest absolute Gasteiger partial charge is 0.443 e. The number of carbonyl (C=O) groups excluding carboxylic acids is 1. The van der Waals surface area contributed by atoms with Gasteiger partial charge in [0.15, 0.2) is 0 Å². The first kappa shape index (κ1) is 11.2. The molecule has 0 aromatic rings. The summed E-state index contributed by atoms with van der Waals surface area (Å²) >= 11 is 0. The Labute approximate surface area is 72.9 Å². The number of carbonyl (C=O) groups is 1. The van der Waals surface area contributed by atoms with Crippen molar-refractivity contribution in [2.24, 2.45) is 0 Å². The van der Waals surface area contributed by atoms with Crippen molar-refractivity contribution in [3.05, 3.63) is 0 Å². The number of aliphatic hydroxyl groups is 1. The maximum atomic E-state index is 10.8. The topological polar surface area (TPSA) is 58.6 Å². The average Bonchev–Trinajstić information content (AvgIpc) is 2.05. The van der Waals surface area contributed by atoms with E-state index in [1.54, 1.807) is 6.92 Å². The van der Waals surface area contributed by atoms with Crippen molar-refractivity contribution in [2.45, 2.75) is 32.3 Å². The molecular formula is C8H17NO3. The highest BCUT2D eigenvalue weighted by Crippen LogP contribution is 2.19. The maximum absolute atomic E-state index is 10.8. The molecule has 1 unspecified atom stereocenters. The molecule has 0 aromatic carbocycles. The van der Waals surface area contributed by atoms with Gasteiger partial charge in [-0.15, -0.1) is 0 Å². The molecule has 12 heavy (non-hydrogen) atoms. The fourth-order valence-electron chi connectivity index (χ4n) is 0.811. The monoisotopic (exact) mass is 175 g/mol. The molecular weight excluding hydrogens is 158 g/mol. The lowest BCUT2D eigenvalue weighted by molar-refractivity contribution is 0.00552. The lowest BCUT2D eigenvalue weighted by Crippen LogP contribution is -2.35. The number of rotatable bonds is 4. The molecule has 0 aliphatic carbocycles. The highest BCUT2D eigenvalue weighted by atomic mass is 16.6. The van der Waals surface area contributed by atoms with E-state index in [0.717, 1.165) is 0 Å². The van der Waals surface area contributed by atoms with Crippen molar-refractivity contribution in [3.8, 4) is 0 Å². The molecule has 4 nitrogen and oxygen atoms in total. The Hall–Kier alpha value is -0.770. The predicted octanol–water partition coefficient (Wildman–Crippen LogP) is 0.894. The van der Waals surface area contributed by atoms with E-state index in [1.165, 1.54) is 7.05 Å². The van der Waals surface area contributed by atoms with Crippen LogP contribution < -0.4 is 5.32 Å². The summed E-state index contributed by atoms with van der Waals surface area (Å²) in [5, 5.41) is 11.1. The van der Waals surface area contributed by atoms with Crippen LogP contribution in [0.15, 0.2) is 0 Å². The van der Waals surface area contributed by atoms with E-state index in [4.69, 9.17) is 9.84 Å². The Balaban J connectivity index is 4.03. The van der Waals surface area contributed by atoms with Gasteiger partial charge in [-0.05, 0) is 13.3 Å². The highest BCUT2D eigenvalue weighted by Gasteiger charge is 2.25. The third-order valence-electron chi connectivity index (χ3n) is 1.93. The first-order chi connectivity index (χ1) is 5.58. The van der Waals surface area contributed by atoms with Gasteiger partial charge in [-0.25, -0.2) is 4.79 Å². The molecule has 0 spiro atoms. The van der Waals surface area contributed by atoms with Crippen molar-refractivity contribution in [2.75, 3.05) is 13.7 Å². The summed E-state index contributed by atoms with van der Waals surface area (Å²) in [6.07, 6.45) is 0.713. The van der Waals surface area contributed by atoms with Crippen LogP contribution >= 0.6 is 0 Å². The second-order valence-electron chi connectivity index (χ2n) is 2.92. The van der Waals surface area contributed by atoms with Crippen molar-refractivity contribution < 1.29 is 14.6 Å². The number of nitrogens with one attached hydrogen (secondary N) is 1. The molecule has 0 saturated carbocycles. The number of hydrogen-bond acceptors (Lipinski definition) is 3. The van der Waals surface area contributed by atoms with Crippen LogP contribution in [0, 0.1) is 0 Å². The van der Waals surface area contributed by atoms with Gasteiger partial charge >= 0.3 is 6.09 Å². The SMILES string of the molecule is CCC(C)(CCO)OC(=O)NC. The fourth-order valence-corrected chi connectivity index (χ4v) is 0.811. The predicted molar refractivity (Wildman–Crippen MR) is 45.9 cm³/mol. The van der Waals surface area contributed by atoms with E-state index >= 15 is 0 Å². The van der Waals surface area contributed by atoms with Crippen LogP contribution in [0.1, 0.15) is 26.7 Å². The van der Waals surface area contributed by atoms with E-state index in [1.807, 2.05) is 6.92 Å². The summed E-state index contributed by atoms with van der Waals surface area (Å²) in [4.78, 5) is 10.8. The molecule has 0 bridgehead atoms. The van der Waals surface area contributed by atoms with Crippen LogP contribution in [0.4, 0.5) is 4.79 Å². The van der Waals surface area contributed by atoms with Gasteiger partial charge < -0.3 is 15.2 Å². The zero-order chi connectivity index (χ0) is 9.61. The van der Waals surface area contributed by atoms with E-state index < -0.39 is 11.7 Å². The van der Waals surface area contributed by atoms with E-state index in [2.05, 4.69) is 5.32 Å². The average molecular weight is 175 g/mol. The second-order valence-corrected chi connectivity index (χ2v) is 2.92. The van der Waals surface area contributed by atoms with Crippen LogP contribution in [0.5, 0.6) is 0 Å². The van der Waals surface area contributed by atoms with Gasteiger partial charge in [0.2, 0.25) is 0 Å². The Bertz CT molecular complexity index is 149. The van der Waals surface area contributed by atoms with Gasteiger partial charge in [-0.3, -0.25) is 0 Å². The number of hydrogen-bond donors (Lipinski definition) is 2. The zero-order valence-electron chi connectivity index (χ0n) is 7.89. The lowest BCUT2D eigenvalue weighted by atomic mass is 10.00. The third-order valence-corrected chi connectivity index (χ3v) is 1.93. The Morgan fingerprint density at radius 3 is 2.58 bits per heavy atom. The summed E-state index contributed by atoms with van der Waals surface area (Å²) in [7, 11) is 1.51. The number of ether oxygens (including phenoxy) is 1. The van der Waals surface area contributed by atoms with Crippen molar-refractivity contribution >= 4 is 6.09 Å². The van der Waals surface area contributed by atoms with Crippen molar-refractivity contribution in [3.63, 3.8) is 0 Å². The van der Waals surface area contributed by atoms with Gasteiger partial charge in [-0.1, -0.05) is 6.92 Å². The second kappa shape index (κ2) is 4.98. The summed E-state index contributed by atoms with van der Waals surface area (Å²) in [6.45, 7) is 3.75. The Kier molecular flexibility index (Phi) is 4.66. The molecule has 0 rings (SSSR count). The number of amides is 1. The lowest BCUT2D eigenvalue weighted by Gasteiger charge is -2.27. The minimum Gasteiger partial charge on any atom is -0.443 e. The molecule has 1 amide bonds. The van der Waals surface area contributed by atoms with Gasteiger partial charge in [-0.2, -0.15) is 0 Å². The van der Waals surface area contributed by atoms with Crippen molar-refractivity contribution in [1.29, 1.82) is 0 Å². The molecule has 0 heterocycles. The summed E-state index contributed by atoms with van der Waals surface area (Å²) in [5.41, 5.74) is -0.547. The minimum absolute atomic E-state index is 0.0291. The highest BCUT2D eigenvalue weighted by molar-refractivity contribution is 5.67. The first-order valence-corrected chi connectivity index (χ1v) is 4.09. The molecule has 2 N–H and O–H groups in total. The molecule has 0 aliphatic heterocycles. The normalized spacial score (nSPS) is 15.0. The van der Waals surface area contributed by atoms with Crippen LogP contribution in [0.3, 0.4) is 0 Å². The van der Waals surface area contributed by atoms with E-state index in [9.17, 15) is 4.79 Å². The van der Waals surface area contributed by atoms with Gasteiger partial charge in [0.1, 0.15) is 5.60 Å². The molecule has 0 saturated heterocycles. The zero-order valence-corrected chi connectivity index (χ0v) is 7.89. The first-order valence-electron chi connectivity index (χ1n) is 4.09. The van der Waals surface area contributed by atoms with Gasteiger partial charge in [0, 0.05) is 20.1 Å². The van der Waals surface area contributed by atoms with Gasteiger partial charge in [0.25, 0.3) is 0 Å². The molecule has 4 heteroatoms. The molecule has 1 atom stereocenters. The van der Waals surface area contributed by atoms with Gasteiger partial charge in [0.05, 0.1) is 0 Å². The molecule has 72 valence electrons. The third kappa shape index (κ3) is 3.57. The Morgan fingerprint density at radius 2 is 2.25 bits per heavy atom. The molecule has 0 radical (unpaired) electrons. The maximum Gasteiger partial charge on any atom is 0.407 e. The molecule has 0 aromatic heterocycles. The Morgan fingerprint density at radius 1 is 1.67 bits per heavy atom. The quantitative estimate of drug-likeness (QED) is 0.667. The molecule has 0 fully saturated rings. The smallest absolute Gasteiger partial charge is 0.407 e. The summed E-state index contributed by atoms with van der Waals surface area (Å²) < 4.78 is 5.07. The van der Waals surface area contributed by atoms with Crippen LogP contribution in [0.25, 0.3) is 0 Å². The minimum atomic E-state index is -0.547. The number of aliphatic hydroxyl groups excluding tert-OH is 1. The standard InChI is InChI=1S/C8H17NO3/c1-4-8(2,5-6-10)12-7(11)9-3/h10H,4-6H2,1-3H3,(H,9,11). The number of alkyl carbamates (subject to hydrolysis) is 1.